The van der Waals surface area contributed by atoms with E-state index < -0.39 is 0 Å². The maximum atomic E-state index is 5.77. The van der Waals surface area contributed by atoms with Crippen molar-refractivity contribution in [2.75, 3.05) is 12.4 Å². The lowest BCUT2D eigenvalue weighted by Crippen LogP contribution is -1.97. The van der Waals surface area contributed by atoms with Crippen molar-refractivity contribution in [1.82, 2.24) is 9.97 Å². The highest BCUT2D eigenvalue weighted by atomic mass is 35.5. The average Bonchev–Trinajstić information content (AvgIpc) is 2.28. The van der Waals surface area contributed by atoms with Crippen molar-refractivity contribution in [1.29, 1.82) is 0 Å². The third-order valence-electron chi connectivity index (χ3n) is 1.99. The monoisotopic (exact) mass is 269 g/mol. The number of aromatic nitrogens is 2. The fourth-order valence-corrected chi connectivity index (χ4v) is 1.70. The number of nitrogens with one attached hydrogen (secondary N) is 1. The van der Waals surface area contributed by atoms with Gasteiger partial charge in [-0.3, -0.25) is 0 Å². The fourth-order valence-electron chi connectivity index (χ4n) is 1.28. The first-order chi connectivity index (χ1) is 8.17. The number of benzene rings is 1. The van der Waals surface area contributed by atoms with Crippen LogP contribution in [0.1, 0.15) is 0 Å². The first-order valence-electron chi connectivity index (χ1n) is 4.78. The summed E-state index contributed by atoms with van der Waals surface area (Å²) in [5, 5.41) is 3.56. The Kier molecular flexibility index (Phi) is 3.66. The van der Waals surface area contributed by atoms with E-state index in [0.717, 1.165) is 11.4 Å². The zero-order chi connectivity index (χ0) is 12.3. The van der Waals surface area contributed by atoms with Crippen molar-refractivity contribution in [2.24, 2.45) is 0 Å². The van der Waals surface area contributed by atoms with Gasteiger partial charge >= 0.3 is 0 Å². The highest BCUT2D eigenvalue weighted by Gasteiger charge is 2.02. The molecule has 1 aromatic carbocycles. The van der Waals surface area contributed by atoms with Gasteiger partial charge in [-0.2, -0.15) is 0 Å². The molecule has 4 nitrogen and oxygen atoms in total. The summed E-state index contributed by atoms with van der Waals surface area (Å²) in [6.45, 7) is 0. The molecule has 6 heteroatoms. The molecule has 0 fully saturated rings. The van der Waals surface area contributed by atoms with Crippen LogP contribution in [-0.2, 0) is 0 Å². The molecule has 0 unspecified atom stereocenters. The van der Waals surface area contributed by atoms with Crippen LogP contribution in [0.15, 0.2) is 30.3 Å². The molecule has 1 N–H and O–H groups in total. The van der Waals surface area contributed by atoms with Crippen LogP contribution in [-0.4, -0.2) is 17.1 Å². The first-order valence-corrected chi connectivity index (χ1v) is 5.54. The largest absolute Gasteiger partial charge is 0.497 e. The lowest BCUT2D eigenvalue weighted by molar-refractivity contribution is 0.415. The number of anilines is 2. The first kappa shape index (κ1) is 12.0. The average molecular weight is 270 g/mol. The minimum atomic E-state index is 0.287. The third kappa shape index (κ3) is 3.22. The molecule has 17 heavy (non-hydrogen) atoms. The zero-order valence-corrected chi connectivity index (χ0v) is 10.5. The molecule has 0 aliphatic heterocycles. The van der Waals surface area contributed by atoms with Crippen molar-refractivity contribution in [3.63, 3.8) is 0 Å². The van der Waals surface area contributed by atoms with E-state index in [1.54, 1.807) is 7.11 Å². The molecule has 0 bridgehead atoms. The summed E-state index contributed by atoms with van der Waals surface area (Å²) in [6.07, 6.45) is 0. The van der Waals surface area contributed by atoms with Crippen LogP contribution < -0.4 is 10.1 Å². The molecule has 1 aromatic heterocycles. The van der Waals surface area contributed by atoms with Crippen LogP contribution >= 0.6 is 23.2 Å². The summed E-state index contributed by atoms with van der Waals surface area (Å²) < 4.78 is 5.11. The number of methoxy groups -OCH3 is 1. The summed E-state index contributed by atoms with van der Waals surface area (Å²) in [5.41, 5.74) is 0.794. The standard InChI is InChI=1S/C11H9Cl2N3O/c1-17-8-4-2-3-7(5-8)14-11-15-9(12)6-10(13)16-11/h2-6H,1H3,(H,14,15,16). The van der Waals surface area contributed by atoms with Gasteiger partial charge in [0.2, 0.25) is 5.95 Å². The second-order valence-electron chi connectivity index (χ2n) is 3.19. The van der Waals surface area contributed by atoms with Gasteiger partial charge in [-0.25, -0.2) is 9.97 Å². The zero-order valence-electron chi connectivity index (χ0n) is 8.95. The molecule has 0 amide bonds. The Balaban J connectivity index is 2.24. The minimum absolute atomic E-state index is 0.287. The summed E-state index contributed by atoms with van der Waals surface area (Å²) in [7, 11) is 1.60. The number of nitrogens with zero attached hydrogens (tertiary/aromatic N) is 2. The van der Waals surface area contributed by atoms with E-state index in [2.05, 4.69) is 15.3 Å². The minimum Gasteiger partial charge on any atom is -0.497 e. The van der Waals surface area contributed by atoms with Gasteiger partial charge in [0.05, 0.1) is 7.11 Å². The maximum Gasteiger partial charge on any atom is 0.230 e. The van der Waals surface area contributed by atoms with Crippen molar-refractivity contribution in [2.45, 2.75) is 0 Å². The number of halogens is 2. The predicted octanol–water partition coefficient (Wildman–Crippen LogP) is 3.54. The fraction of sp³-hybridized carbons (Fsp3) is 0.0909. The summed E-state index contributed by atoms with van der Waals surface area (Å²) in [6, 6.07) is 8.85. The van der Waals surface area contributed by atoms with Crippen molar-refractivity contribution < 1.29 is 4.74 Å². The number of hydrogen-bond acceptors (Lipinski definition) is 4. The number of rotatable bonds is 3. The van der Waals surface area contributed by atoms with Crippen LogP contribution in [0.3, 0.4) is 0 Å². The molecule has 0 radical (unpaired) electrons. The molecule has 0 saturated carbocycles. The van der Waals surface area contributed by atoms with Gasteiger partial charge < -0.3 is 10.1 Å². The maximum absolute atomic E-state index is 5.77. The third-order valence-corrected chi connectivity index (χ3v) is 2.38. The van der Waals surface area contributed by atoms with Crippen LogP contribution in [0.2, 0.25) is 10.3 Å². The Hall–Kier alpha value is -1.52. The van der Waals surface area contributed by atoms with Crippen molar-refractivity contribution in [3.05, 3.63) is 40.6 Å². The Morgan fingerprint density at radius 2 is 1.82 bits per heavy atom. The number of hydrogen-bond donors (Lipinski definition) is 1. The normalized spacial score (nSPS) is 10.1. The van der Waals surface area contributed by atoms with E-state index in [1.807, 2.05) is 24.3 Å². The molecule has 0 aliphatic carbocycles. The SMILES string of the molecule is COc1cccc(Nc2nc(Cl)cc(Cl)n2)c1. The van der Waals surface area contributed by atoms with Gasteiger partial charge in [-0.05, 0) is 12.1 Å². The van der Waals surface area contributed by atoms with Gasteiger partial charge in [-0.1, -0.05) is 29.3 Å². The molecule has 2 rings (SSSR count). The van der Waals surface area contributed by atoms with Crippen molar-refractivity contribution >= 4 is 34.8 Å². The Morgan fingerprint density at radius 1 is 1.12 bits per heavy atom. The molecule has 1 heterocycles. The van der Waals surface area contributed by atoms with Crippen LogP contribution in [0.5, 0.6) is 5.75 Å². The highest BCUT2D eigenvalue weighted by Crippen LogP contribution is 2.21. The number of ether oxygens (including phenoxy) is 1. The quantitative estimate of drug-likeness (QED) is 0.866. The molecule has 0 spiro atoms. The summed E-state index contributed by atoms with van der Waals surface area (Å²) in [5.74, 6) is 1.08. The van der Waals surface area contributed by atoms with Crippen molar-refractivity contribution in [3.8, 4) is 5.75 Å². The molecular weight excluding hydrogens is 261 g/mol. The van der Waals surface area contributed by atoms with E-state index >= 15 is 0 Å². The van der Waals surface area contributed by atoms with E-state index in [-0.39, 0.29) is 10.3 Å². The lowest BCUT2D eigenvalue weighted by atomic mass is 10.3. The highest BCUT2D eigenvalue weighted by molar-refractivity contribution is 6.33. The van der Waals surface area contributed by atoms with Crippen LogP contribution in [0, 0.1) is 0 Å². The van der Waals surface area contributed by atoms with Gasteiger partial charge in [0.1, 0.15) is 16.1 Å². The molecule has 0 aliphatic rings. The molecule has 0 saturated heterocycles. The topological polar surface area (TPSA) is 47.0 Å². The van der Waals surface area contributed by atoms with E-state index in [9.17, 15) is 0 Å². The summed E-state index contributed by atoms with van der Waals surface area (Å²) >= 11 is 11.5. The lowest BCUT2D eigenvalue weighted by Gasteiger charge is -2.06. The van der Waals surface area contributed by atoms with Crippen LogP contribution in [0.25, 0.3) is 0 Å². The van der Waals surface area contributed by atoms with Gasteiger partial charge in [0.15, 0.2) is 0 Å². The second-order valence-corrected chi connectivity index (χ2v) is 3.97. The molecular formula is C11H9Cl2N3O. The Labute approximate surface area is 109 Å². The predicted molar refractivity (Wildman–Crippen MR) is 68.3 cm³/mol. The second kappa shape index (κ2) is 5.21. The van der Waals surface area contributed by atoms with E-state index in [1.165, 1.54) is 6.07 Å². The van der Waals surface area contributed by atoms with E-state index in [0.29, 0.717) is 5.95 Å². The Morgan fingerprint density at radius 3 is 2.47 bits per heavy atom. The summed E-state index contributed by atoms with van der Waals surface area (Å²) in [4.78, 5) is 8.01. The van der Waals surface area contributed by atoms with Gasteiger partial charge in [-0.15, -0.1) is 0 Å². The van der Waals surface area contributed by atoms with Crippen LogP contribution in [0.4, 0.5) is 11.6 Å². The molecule has 2 aromatic rings. The molecule has 0 atom stereocenters. The van der Waals surface area contributed by atoms with Gasteiger partial charge in [0.25, 0.3) is 0 Å². The molecule has 88 valence electrons. The van der Waals surface area contributed by atoms with Gasteiger partial charge in [0, 0.05) is 17.8 Å². The van der Waals surface area contributed by atoms with E-state index in [4.69, 9.17) is 27.9 Å². The smallest absolute Gasteiger partial charge is 0.230 e. The Bertz CT molecular complexity index is 514.